The Balaban J connectivity index is 2.48. The predicted octanol–water partition coefficient (Wildman–Crippen LogP) is 3.72. The van der Waals surface area contributed by atoms with Crippen LogP contribution in [0.1, 0.15) is 26.3 Å². The van der Waals surface area contributed by atoms with Gasteiger partial charge >= 0.3 is 0 Å². The normalized spacial score (nSPS) is 11.8. The third kappa shape index (κ3) is 4.76. The third-order valence-electron chi connectivity index (χ3n) is 1.97. The number of benzene rings is 1. The lowest BCUT2D eigenvalue weighted by Gasteiger charge is -2.18. The highest BCUT2D eigenvalue weighted by Crippen LogP contribution is 2.16. The maximum atomic E-state index is 13.2. The quantitative estimate of drug-likeness (QED) is 0.885. The van der Waals surface area contributed by atoms with Gasteiger partial charge in [-0.3, -0.25) is 0 Å². The second-order valence-electron chi connectivity index (χ2n) is 4.91. The first-order valence-corrected chi connectivity index (χ1v) is 5.82. The molecule has 0 spiro atoms. The summed E-state index contributed by atoms with van der Waals surface area (Å²) in [4.78, 5) is 0. The Morgan fingerprint density at radius 2 is 2.00 bits per heavy atom. The molecular formula is C12H17BrFN. The van der Waals surface area contributed by atoms with Crippen LogP contribution < -0.4 is 5.32 Å². The molecule has 1 aromatic rings. The van der Waals surface area contributed by atoms with E-state index in [1.165, 1.54) is 0 Å². The number of hydrogen-bond acceptors (Lipinski definition) is 1. The average molecular weight is 274 g/mol. The van der Waals surface area contributed by atoms with Gasteiger partial charge in [0.15, 0.2) is 0 Å². The van der Waals surface area contributed by atoms with Gasteiger partial charge in [-0.2, -0.15) is 0 Å². The van der Waals surface area contributed by atoms with Crippen LogP contribution in [-0.2, 0) is 6.54 Å². The van der Waals surface area contributed by atoms with Crippen LogP contribution in [0.3, 0.4) is 0 Å². The molecule has 0 amide bonds. The van der Waals surface area contributed by atoms with Crippen molar-refractivity contribution in [2.75, 3.05) is 6.54 Å². The largest absolute Gasteiger partial charge is 0.312 e. The molecule has 0 heterocycles. The zero-order valence-corrected chi connectivity index (χ0v) is 11.0. The maximum absolute atomic E-state index is 13.2. The van der Waals surface area contributed by atoms with E-state index in [0.717, 1.165) is 12.1 Å². The zero-order valence-electron chi connectivity index (χ0n) is 9.40. The summed E-state index contributed by atoms with van der Waals surface area (Å²) < 4.78 is 13.7. The van der Waals surface area contributed by atoms with E-state index in [2.05, 4.69) is 42.0 Å². The number of hydrogen-bond donors (Lipinski definition) is 1. The molecule has 0 radical (unpaired) electrons. The van der Waals surface area contributed by atoms with E-state index >= 15 is 0 Å². The molecule has 1 aromatic carbocycles. The van der Waals surface area contributed by atoms with Gasteiger partial charge in [-0.15, -0.1) is 0 Å². The highest BCUT2D eigenvalue weighted by atomic mass is 79.9. The fourth-order valence-corrected chi connectivity index (χ4v) is 1.48. The predicted molar refractivity (Wildman–Crippen MR) is 65.3 cm³/mol. The van der Waals surface area contributed by atoms with Gasteiger partial charge in [-0.1, -0.05) is 26.8 Å². The molecule has 0 aliphatic carbocycles. The summed E-state index contributed by atoms with van der Waals surface area (Å²) in [6, 6.07) is 5.21. The molecule has 0 saturated heterocycles. The first-order chi connectivity index (χ1) is 6.88. The van der Waals surface area contributed by atoms with E-state index in [0.29, 0.717) is 11.0 Å². The molecule has 84 valence electrons. The van der Waals surface area contributed by atoms with Gasteiger partial charge in [0, 0.05) is 13.1 Å². The molecule has 3 heteroatoms. The van der Waals surface area contributed by atoms with Crippen LogP contribution in [0, 0.1) is 11.2 Å². The average Bonchev–Trinajstić information content (AvgIpc) is 2.09. The molecule has 0 unspecified atom stereocenters. The molecule has 0 aromatic heterocycles. The molecule has 15 heavy (non-hydrogen) atoms. The van der Waals surface area contributed by atoms with Crippen LogP contribution in [-0.4, -0.2) is 6.54 Å². The van der Waals surface area contributed by atoms with E-state index in [4.69, 9.17) is 0 Å². The Kier molecular flexibility index (Phi) is 4.29. The molecule has 0 bridgehead atoms. The van der Waals surface area contributed by atoms with Crippen LogP contribution in [0.5, 0.6) is 0 Å². The van der Waals surface area contributed by atoms with Crippen molar-refractivity contribution < 1.29 is 4.39 Å². The molecule has 0 aliphatic heterocycles. The smallest absolute Gasteiger partial charge is 0.137 e. The number of rotatable bonds is 3. The molecule has 0 saturated carbocycles. The molecule has 1 nitrogen and oxygen atoms in total. The monoisotopic (exact) mass is 273 g/mol. The lowest BCUT2D eigenvalue weighted by molar-refractivity contribution is 0.379. The SMILES string of the molecule is CC(C)(C)CNCc1ccc(Br)c(F)c1. The lowest BCUT2D eigenvalue weighted by atomic mass is 9.97. The molecule has 1 rings (SSSR count). The van der Waals surface area contributed by atoms with E-state index < -0.39 is 0 Å². The van der Waals surface area contributed by atoms with Crippen LogP contribution >= 0.6 is 15.9 Å². The fraction of sp³-hybridized carbons (Fsp3) is 0.500. The van der Waals surface area contributed by atoms with Gasteiger partial charge in [0.1, 0.15) is 5.82 Å². The first-order valence-electron chi connectivity index (χ1n) is 5.03. The van der Waals surface area contributed by atoms with Gasteiger partial charge < -0.3 is 5.32 Å². The van der Waals surface area contributed by atoms with Crippen molar-refractivity contribution in [2.45, 2.75) is 27.3 Å². The maximum Gasteiger partial charge on any atom is 0.137 e. The van der Waals surface area contributed by atoms with Crippen LogP contribution in [0.2, 0.25) is 0 Å². The Morgan fingerprint density at radius 1 is 1.33 bits per heavy atom. The minimum atomic E-state index is -0.204. The number of halogens is 2. The molecule has 0 atom stereocenters. The molecule has 1 N–H and O–H groups in total. The Hall–Kier alpha value is -0.410. The second-order valence-corrected chi connectivity index (χ2v) is 5.77. The molecule has 0 fully saturated rings. The van der Waals surface area contributed by atoms with Crippen molar-refractivity contribution in [1.29, 1.82) is 0 Å². The van der Waals surface area contributed by atoms with Crippen molar-refractivity contribution in [1.82, 2.24) is 5.32 Å². The van der Waals surface area contributed by atoms with E-state index in [1.54, 1.807) is 12.1 Å². The van der Waals surface area contributed by atoms with E-state index in [9.17, 15) is 4.39 Å². The highest BCUT2D eigenvalue weighted by Gasteiger charge is 2.09. The van der Waals surface area contributed by atoms with Gasteiger partial charge in [-0.05, 0) is 39.0 Å². The van der Waals surface area contributed by atoms with E-state index in [1.807, 2.05) is 6.07 Å². The third-order valence-corrected chi connectivity index (χ3v) is 2.61. The van der Waals surface area contributed by atoms with Crippen LogP contribution in [0.15, 0.2) is 22.7 Å². The van der Waals surface area contributed by atoms with Crippen molar-refractivity contribution in [3.05, 3.63) is 34.1 Å². The van der Waals surface area contributed by atoms with Crippen molar-refractivity contribution in [2.24, 2.45) is 5.41 Å². The van der Waals surface area contributed by atoms with Crippen LogP contribution in [0.25, 0.3) is 0 Å². The summed E-state index contributed by atoms with van der Waals surface area (Å²) in [5.41, 5.74) is 1.23. The summed E-state index contributed by atoms with van der Waals surface area (Å²) in [6.45, 7) is 8.14. The van der Waals surface area contributed by atoms with Crippen molar-refractivity contribution in [3.8, 4) is 0 Å². The van der Waals surface area contributed by atoms with Crippen LogP contribution in [0.4, 0.5) is 4.39 Å². The summed E-state index contributed by atoms with van der Waals surface area (Å²) in [6.07, 6.45) is 0. The Bertz CT molecular complexity index is 331. The topological polar surface area (TPSA) is 12.0 Å². The van der Waals surface area contributed by atoms with Gasteiger partial charge in [0.05, 0.1) is 4.47 Å². The summed E-state index contributed by atoms with van der Waals surface area (Å²) in [7, 11) is 0. The summed E-state index contributed by atoms with van der Waals surface area (Å²) >= 11 is 3.13. The van der Waals surface area contributed by atoms with Crippen molar-refractivity contribution in [3.63, 3.8) is 0 Å². The van der Waals surface area contributed by atoms with Gasteiger partial charge in [0.25, 0.3) is 0 Å². The summed E-state index contributed by atoms with van der Waals surface area (Å²) in [5, 5.41) is 3.31. The van der Waals surface area contributed by atoms with Crippen molar-refractivity contribution >= 4 is 15.9 Å². The second kappa shape index (κ2) is 5.08. The Morgan fingerprint density at radius 3 is 2.53 bits per heavy atom. The first kappa shape index (κ1) is 12.7. The van der Waals surface area contributed by atoms with Gasteiger partial charge in [0.2, 0.25) is 0 Å². The Labute approximate surface area is 99.2 Å². The molecular weight excluding hydrogens is 257 g/mol. The zero-order chi connectivity index (χ0) is 11.5. The minimum Gasteiger partial charge on any atom is -0.312 e. The molecule has 0 aliphatic rings. The van der Waals surface area contributed by atoms with E-state index in [-0.39, 0.29) is 11.2 Å². The summed E-state index contributed by atoms with van der Waals surface area (Å²) in [5.74, 6) is -0.204. The highest BCUT2D eigenvalue weighted by molar-refractivity contribution is 9.10. The number of nitrogens with one attached hydrogen (secondary N) is 1. The fourth-order valence-electron chi connectivity index (χ4n) is 1.23. The van der Waals surface area contributed by atoms with Gasteiger partial charge in [-0.25, -0.2) is 4.39 Å². The lowest BCUT2D eigenvalue weighted by Crippen LogP contribution is -2.26. The standard InChI is InChI=1S/C12H17BrFN/c1-12(2,3)8-15-7-9-4-5-10(13)11(14)6-9/h4-6,15H,7-8H2,1-3H3. The minimum absolute atomic E-state index is 0.204.